The van der Waals surface area contributed by atoms with Gasteiger partial charge in [-0.1, -0.05) is 25.5 Å². The van der Waals surface area contributed by atoms with Crippen molar-refractivity contribution in [3.05, 3.63) is 29.5 Å². The molecule has 4 nitrogen and oxygen atoms in total. The molecule has 0 fully saturated rings. The van der Waals surface area contributed by atoms with Gasteiger partial charge in [-0.25, -0.2) is 4.98 Å². The Morgan fingerprint density at radius 3 is 2.79 bits per heavy atom. The lowest BCUT2D eigenvalue weighted by Crippen LogP contribution is -2.08. The average Bonchev–Trinajstić information content (AvgIpc) is 2.42. The lowest BCUT2D eigenvalue weighted by molar-refractivity contribution is 0.0970. The molecule has 1 aromatic carbocycles. The van der Waals surface area contributed by atoms with Crippen molar-refractivity contribution in [1.29, 1.82) is 0 Å². The molecular weight excluding hydrogens is 264 g/mol. The summed E-state index contributed by atoms with van der Waals surface area (Å²) < 4.78 is 11.1. The first-order valence-electron chi connectivity index (χ1n) is 6.44. The second kappa shape index (κ2) is 7.26. The van der Waals surface area contributed by atoms with Crippen LogP contribution >= 0.6 is 11.6 Å². The Morgan fingerprint density at radius 1 is 1.11 bits per heavy atom. The van der Waals surface area contributed by atoms with Gasteiger partial charge in [0.05, 0.1) is 17.5 Å². The number of hydrogen-bond acceptors (Lipinski definition) is 4. The first kappa shape index (κ1) is 14.0. The smallest absolute Gasteiger partial charge is 0.226 e. The van der Waals surface area contributed by atoms with Crippen LogP contribution in [0.5, 0.6) is 5.88 Å². The second-order valence-corrected chi connectivity index (χ2v) is 4.47. The van der Waals surface area contributed by atoms with Crippen LogP contribution < -0.4 is 4.74 Å². The highest BCUT2D eigenvalue weighted by molar-refractivity contribution is 6.28. The molecule has 2 aromatic rings. The van der Waals surface area contributed by atoms with Crippen LogP contribution in [0.3, 0.4) is 0 Å². The molecule has 0 unspecified atom stereocenters. The first-order chi connectivity index (χ1) is 9.31. The van der Waals surface area contributed by atoms with Gasteiger partial charge in [-0.05, 0) is 30.2 Å². The van der Waals surface area contributed by atoms with Crippen LogP contribution in [0, 0.1) is 0 Å². The highest BCUT2D eigenvalue weighted by atomic mass is 35.5. The Labute approximate surface area is 117 Å². The summed E-state index contributed by atoms with van der Waals surface area (Å²) in [6.45, 7) is 3.91. The van der Waals surface area contributed by atoms with Gasteiger partial charge in [0, 0.05) is 6.61 Å². The lowest BCUT2D eigenvalue weighted by atomic mass is 10.2. The monoisotopic (exact) mass is 280 g/mol. The molecule has 2 rings (SSSR count). The van der Waals surface area contributed by atoms with Crippen LogP contribution in [0.2, 0.25) is 5.28 Å². The van der Waals surface area contributed by atoms with Gasteiger partial charge < -0.3 is 9.47 Å². The third kappa shape index (κ3) is 4.04. The normalized spacial score (nSPS) is 10.8. The van der Waals surface area contributed by atoms with E-state index in [0.717, 1.165) is 30.4 Å². The number of fused-ring (bicyclic) bond motifs is 1. The maximum atomic E-state index is 5.87. The van der Waals surface area contributed by atoms with Gasteiger partial charge in [-0.15, -0.1) is 0 Å². The fourth-order valence-electron chi connectivity index (χ4n) is 1.68. The topological polar surface area (TPSA) is 44.2 Å². The predicted octanol–water partition coefficient (Wildman–Crippen LogP) is 3.48. The molecular formula is C14H17ClN2O2. The van der Waals surface area contributed by atoms with Crippen LogP contribution in [0.1, 0.15) is 19.8 Å². The number of unbranched alkanes of at least 4 members (excludes halogenated alkanes) is 1. The first-order valence-corrected chi connectivity index (χ1v) is 6.82. The van der Waals surface area contributed by atoms with Crippen LogP contribution in [0.4, 0.5) is 0 Å². The molecule has 0 aliphatic carbocycles. The Bertz CT molecular complexity index is 534. The zero-order valence-electron chi connectivity index (χ0n) is 10.9. The van der Waals surface area contributed by atoms with E-state index >= 15 is 0 Å². The molecule has 0 saturated heterocycles. The summed E-state index contributed by atoms with van der Waals surface area (Å²) in [5.41, 5.74) is 0.782. The van der Waals surface area contributed by atoms with Crippen molar-refractivity contribution < 1.29 is 9.47 Å². The lowest BCUT2D eigenvalue weighted by Gasteiger charge is -2.08. The van der Waals surface area contributed by atoms with E-state index in [1.54, 1.807) is 0 Å². The van der Waals surface area contributed by atoms with E-state index in [9.17, 15) is 0 Å². The SMILES string of the molecule is CCCCOCCOc1nc(Cl)nc2ccccc12. The second-order valence-electron chi connectivity index (χ2n) is 4.13. The molecule has 0 aliphatic heterocycles. The number of hydrogen-bond donors (Lipinski definition) is 0. The van der Waals surface area contributed by atoms with Gasteiger partial charge >= 0.3 is 0 Å². The predicted molar refractivity (Wildman–Crippen MR) is 75.8 cm³/mol. The summed E-state index contributed by atoms with van der Waals surface area (Å²) in [6, 6.07) is 7.62. The van der Waals surface area contributed by atoms with E-state index in [-0.39, 0.29) is 5.28 Å². The molecule has 1 aromatic heterocycles. The van der Waals surface area contributed by atoms with E-state index in [4.69, 9.17) is 21.1 Å². The summed E-state index contributed by atoms with van der Waals surface area (Å²) in [6.07, 6.45) is 2.20. The van der Waals surface area contributed by atoms with Crippen molar-refractivity contribution >= 4 is 22.5 Å². The highest BCUT2D eigenvalue weighted by Crippen LogP contribution is 2.23. The maximum absolute atomic E-state index is 5.87. The third-order valence-corrected chi connectivity index (χ3v) is 2.82. The number of halogens is 1. The summed E-state index contributed by atoms with van der Waals surface area (Å²) in [5.74, 6) is 0.509. The Hall–Kier alpha value is -1.39. The maximum Gasteiger partial charge on any atom is 0.226 e. The number of benzene rings is 1. The quantitative estimate of drug-likeness (QED) is 0.575. The van der Waals surface area contributed by atoms with Crippen LogP contribution in [0.15, 0.2) is 24.3 Å². The van der Waals surface area contributed by atoms with Gasteiger partial charge in [0.25, 0.3) is 0 Å². The van der Waals surface area contributed by atoms with Gasteiger partial charge in [-0.2, -0.15) is 4.98 Å². The van der Waals surface area contributed by atoms with E-state index in [1.807, 2.05) is 24.3 Å². The molecule has 0 N–H and O–H groups in total. The number of ether oxygens (including phenoxy) is 2. The van der Waals surface area contributed by atoms with E-state index in [2.05, 4.69) is 16.9 Å². The molecule has 1 heterocycles. The number of para-hydroxylation sites is 1. The van der Waals surface area contributed by atoms with E-state index in [1.165, 1.54) is 0 Å². The average molecular weight is 281 g/mol. The molecule has 0 radical (unpaired) electrons. The molecule has 0 aliphatic rings. The van der Waals surface area contributed by atoms with Crippen LogP contribution in [-0.2, 0) is 4.74 Å². The molecule has 0 atom stereocenters. The van der Waals surface area contributed by atoms with Crippen molar-refractivity contribution in [2.24, 2.45) is 0 Å². The standard InChI is InChI=1S/C14H17ClN2O2/c1-2-3-8-18-9-10-19-13-11-6-4-5-7-12(11)16-14(15)17-13/h4-7H,2-3,8-10H2,1H3. The van der Waals surface area contributed by atoms with Crippen molar-refractivity contribution in [1.82, 2.24) is 9.97 Å². The summed E-state index contributed by atoms with van der Waals surface area (Å²) >= 11 is 5.87. The van der Waals surface area contributed by atoms with Crippen molar-refractivity contribution in [3.8, 4) is 5.88 Å². The van der Waals surface area contributed by atoms with Crippen LogP contribution in [-0.4, -0.2) is 29.8 Å². The minimum Gasteiger partial charge on any atom is -0.475 e. The minimum atomic E-state index is 0.195. The van der Waals surface area contributed by atoms with Crippen molar-refractivity contribution in [2.75, 3.05) is 19.8 Å². The summed E-state index contributed by atoms with van der Waals surface area (Å²) in [4.78, 5) is 8.26. The number of aromatic nitrogens is 2. The molecule has 0 amide bonds. The van der Waals surface area contributed by atoms with Gasteiger partial charge in [0.2, 0.25) is 11.2 Å². The summed E-state index contributed by atoms with van der Waals surface area (Å²) in [7, 11) is 0. The van der Waals surface area contributed by atoms with Crippen molar-refractivity contribution in [2.45, 2.75) is 19.8 Å². The molecule has 102 valence electrons. The zero-order valence-corrected chi connectivity index (χ0v) is 11.7. The number of nitrogens with zero attached hydrogens (tertiary/aromatic N) is 2. The Balaban J connectivity index is 1.96. The Kier molecular flexibility index (Phi) is 5.36. The van der Waals surface area contributed by atoms with E-state index in [0.29, 0.717) is 19.1 Å². The van der Waals surface area contributed by atoms with Crippen molar-refractivity contribution in [3.63, 3.8) is 0 Å². The Morgan fingerprint density at radius 2 is 1.95 bits per heavy atom. The van der Waals surface area contributed by atoms with Gasteiger partial charge in [-0.3, -0.25) is 0 Å². The third-order valence-electron chi connectivity index (χ3n) is 2.65. The molecule has 19 heavy (non-hydrogen) atoms. The van der Waals surface area contributed by atoms with Gasteiger partial charge in [0.15, 0.2) is 0 Å². The fraction of sp³-hybridized carbons (Fsp3) is 0.429. The number of rotatable bonds is 7. The zero-order chi connectivity index (χ0) is 13.5. The molecule has 0 saturated carbocycles. The molecule has 5 heteroatoms. The molecule has 0 spiro atoms. The summed E-state index contributed by atoms with van der Waals surface area (Å²) in [5, 5.41) is 1.06. The highest BCUT2D eigenvalue weighted by Gasteiger charge is 2.06. The largest absolute Gasteiger partial charge is 0.475 e. The fourth-order valence-corrected chi connectivity index (χ4v) is 1.84. The minimum absolute atomic E-state index is 0.195. The molecule has 0 bridgehead atoms. The van der Waals surface area contributed by atoms with Crippen LogP contribution in [0.25, 0.3) is 10.9 Å². The van der Waals surface area contributed by atoms with E-state index < -0.39 is 0 Å². The van der Waals surface area contributed by atoms with Gasteiger partial charge in [0.1, 0.15) is 6.61 Å².